The lowest BCUT2D eigenvalue weighted by molar-refractivity contribution is 0.400. The van der Waals surface area contributed by atoms with Gasteiger partial charge in [0.15, 0.2) is 5.82 Å². The number of benzene rings is 1. The Balaban J connectivity index is 2.00. The number of nitrogens with one attached hydrogen (secondary N) is 2. The van der Waals surface area contributed by atoms with Crippen LogP contribution in [0.15, 0.2) is 15.7 Å². The summed E-state index contributed by atoms with van der Waals surface area (Å²) in [5.41, 5.74) is -1.25. The van der Waals surface area contributed by atoms with Crippen LogP contribution in [0.4, 0.5) is 14.5 Å². The van der Waals surface area contributed by atoms with E-state index in [1.165, 1.54) is 0 Å². The van der Waals surface area contributed by atoms with Crippen molar-refractivity contribution in [2.24, 2.45) is 0 Å². The molecule has 0 spiro atoms. The maximum absolute atomic E-state index is 15.2. The van der Waals surface area contributed by atoms with E-state index in [-0.39, 0.29) is 33.2 Å². The molecule has 1 aliphatic rings. The molecule has 1 aromatic carbocycles. The zero-order valence-electron chi connectivity index (χ0n) is 13.5. The van der Waals surface area contributed by atoms with Crippen LogP contribution in [-0.2, 0) is 0 Å². The zero-order valence-corrected chi connectivity index (χ0v) is 15.1. The van der Waals surface area contributed by atoms with Gasteiger partial charge < -0.3 is 10.2 Å². The number of H-pyrrole nitrogens is 1. The molecule has 0 aliphatic carbocycles. The van der Waals surface area contributed by atoms with Crippen LogP contribution in [0.5, 0.6) is 0 Å². The van der Waals surface area contributed by atoms with Crippen LogP contribution in [-0.4, -0.2) is 29.5 Å². The second kappa shape index (κ2) is 5.86. The Kier molecular flexibility index (Phi) is 3.89. The quantitative estimate of drug-likeness (QED) is 0.678. The average molecular weight is 383 g/mol. The summed E-state index contributed by atoms with van der Waals surface area (Å²) in [5, 5.41) is 3.20. The lowest BCUT2D eigenvalue weighted by atomic mass is 10.1. The van der Waals surface area contributed by atoms with Crippen molar-refractivity contribution >= 4 is 48.0 Å². The number of nitrogens with zero attached hydrogens (tertiary/aromatic N) is 1. The molecule has 0 radical (unpaired) electrons. The fourth-order valence-electron chi connectivity index (χ4n) is 3.44. The minimum absolute atomic E-state index is 0.0292. The lowest BCUT2D eigenvalue weighted by Crippen LogP contribution is -2.54. The van der Waals surface area contributed by atoms with Crippen LogP contribution in [0.2, 0.25) is 0 Å². The number of hydrogen-bond donors (Lipinski definition) is 2. The second-order valence-corrected chi connectivity index (χ2v) is 8.49. The van der Waals surface area contributed by atoms with Gasteiger partial charge in [-0.3, -0.25) is 14.0 Å². The minimum atomic E-state index is -0.776. The summed E-state index contributed by atoms with van der Waals surface area (Å²) in [4.78, 5) is 25.9. The molecule has 2 N–H and O–H groups in total. The summed E-state index contributed by atoms with van der Waals surface area (Å²) >= 11 is 2.00. The first-order valence-electron chi connectivity index (χ1n) is 7.83. The van der Waals surface area contributed by atoms with E-state index in [1.807, 2.05) is 13.8 Å². The van der Waals surface area contributed by atoms with Crippen LogP contribution in [0.25, 0.3) is 19.5 Å². The summed E-state index contributed by atoms with van der Waals surface area (Å²) < 4.78 is 32.9. The highest BCUT2D eigenvalue weighted by Gasteiger charge is 2.28. The van der Waals surface area contributed by atoms with Gasteiger partial charge in [0.25, 0.3) is 5.56 Å². The fourth-order valence-corrected chi connectivity index (χ4v) is 5.48. The van der Waals surface area contributed by atoms with E-state index in [9.17, 15) is 14.0 Å². The minimum Gasteiger partial charge on any atom is -0.364 e. The van der Waals surface area contributed by atoms with E-state index in [1.54, 1.807) is 4.90 Å². The highest BCUT2D eigenvalue weighted by molar-refractivity contribution is 7.38. The molecule has 9 heteroatoms. The van der Waals surface area contributed by atoms with E-state index in [0.29, 0.717) is 17.1 Å². The van der Waals surface area contributed by atoms with Gasteiger partial charge in [0.05, 0.1) is 4.70 Å². The first kappa shape index (κ1) is 16.6. The largest absolute Gasteiger partial charge is 0.364 e. The van der Waals surface area contributed by atoms with Crippen molar-refractivity contribution in [3.8, 4) is 0 Å². The summed E-state index contributed by atoms with van der Waals surface area (Å²) in [6, 6.07) is 1.24. The van der Waals surface area contributed by atoms with Crippen molar-refractivity contribution in [1.29, 1.82) is 0 Å². The van der Waals surface area contributed by atoms with Gasteiger partial charge in [-0.25, -0.2) is 8.78 Å². The number of aromatic nitrogens is 1. The highest BCUT2D eigenvalue weighted by atomic mass is 32.2. The fraction of sp³-hybridized carbons (Fsp3) is 0.375. The summed E-state index contributed by atoms with van der Waals surface area (Å²) in [6.07, 6.45) is 0. The molecule has 0 saturated carbocycles. The predicted molar refractivity (Wildman–Crippen MR) is 98.3 cm³/mol. The normalized spacial score (nSPS) is 21.4. The Bertz CT molecular complexity index is 1090. The topological polar surface area (TPSA) is 65.2 Å². The third kappa shape index (κ3) is 2.57. The van der Waals surface area contributed by atoms with Crippen molar-refractivity contribution in [3.63, 3.8) is 0 Å². The van der Waals surface area contributed by atoms with Gasteiger partial charge in [0.2, 0.25) is 5.43 Å². The molecule has 0 amide bonds. The van der Waals surface area contributed by atoms with Crippen molar-refractivity contribution in [1.82, 2.24) is 9.69 Å². The molecule has 2 atom stereocenters. The molecule has 0 bridgehead atoms. The van der Waals surface area contributed by atoms with Gasteiger partial charge in [0, 0.05) is 30.6 Å². The molecule has 3 heterocycles. The van der Waals surface area contributed by atoms with Crippen molar-refractivity contribution < 1.29 is 8.78 Å². The molecule has 132 valence electrons. The number of piperazine rings is 1. The Morgan fingerprint density at radius 2 is 1.88 bits per heavy atom. The Morgan fingerprint density at radius 3 is 2.56 bits per heavy atom. The molecule has 5 nitrogen and oxygen atoms in total. The van der Waals surface area contributed by atoms with Gasteiger partial charge in [0.1, 0.15) is 20.9 Å². The van der Waals surface area contributed by atoms with Crippen LogP contribution in [0.3, 0.4) is 0 Å². The number of aromatic amines is 1. The standard InChI is InChI=1S/C16H15F2N3O2S2/c1-6-4-21(5-7(2)19-6)12-9(17)3-8-13(22)10-15(23)20-25-16(10)24-14(8)11(12)18/h3,6-7,19H,4-5H2,1-2H3,(H,20,23). The van der Waals surface area contributed by atoms with Gasteiger partial charge >= 0.3 is 0 Å². The lowest BCUT2D eigenvalue weighted by Gasteiger charge is -2.37. The van der Waals surface area contributed by atoms with Crippen molar-refractivity contribution in [3.05, 3.63) is 38.3 Å². The molecule has 25 heavy (non-hydrogen) atoms. The number of halogens is 2. The summed E-state index contributed by atoms with van der Waals surface area (Å²) in [7, 11) is 0. The monoisotopic (exact) mass is 383 g/mol. The SMILES string of the molecule is CC1CN(c2c(F)cc3c(=O)c4c(=O)[nH]sc4sc3c2F)CC(C)N1. The van der Waals surface area contributed by atoms with Crippen LogP contribution < -0.4 is 21.2 Å². The first-order valence-corrected chi connectivity index (χ1v) is 9.47. The third-order valence-electron chi connectivity index (χ3n) is 4.36. The van der Waals surface area contributed by atoms with Crippen LogP contribution in [0.1, 0.15) is 13.8 Å². The summed E-state index contributed by atoms with van der Waals surface area (Å²) in [6.45, 7) is 4.86. The maximum atomic E-state index is 15.2. The van der Waals surface area contributed by atoms with E-state index >= 15 is 4.39 Å². The Labute approximate surface area is 149 Å². The van der Waals surface area contributed by atoms with E-state index in [0.717, 1.165) is 28.9 Å². The number of hydrogen-bond acceptors (Lipinski definition) is 6. The van der Waals surface area contributed by atoms with E-state index in [2.05, 4.69) is 9.69 Å². The number of fused-ring (bicyclic) bond motifs is 2. The van der Waals surface area contributed by atoms with E-state index < -0.39 is 22.6 Å². The molecular formula is C16H15F2N3O2S2. The number of anilines is 1. The molecule has 2 unspecified atom stereocenters. The predicted octanol–water partition coefficient (Wildman–Crippen LogP) is 2.63. The highest BCUT2D eigenvalue weighted by Crippen LogP contribution is 2.35. The average Bonchev–Trinajstić information content (AvgIpc) is 2.89. The van der Waals surface area contributed by atoms with Crippen molar-refractivity contribution in [2.75, 3.05) is 18.0 Å². The zero-order chi connectivity index (χ0) is 17.9. The van der Waals surface area contributed by atoms with Gasteiger partial charge in [-0.05, 0) is 31.4 Å². The molecule has 1 fully saturated rings. The van der Waals surface area contributed by atoms with Gasteiger partial charge in [-0.2, -0.15) is 0 Å². The molecule has 1 saturated heterocycles. The molecule has 3 aromatic rings. The van der Waals surface area contributed by atoms with Gasteiger partial charge in [-0.15, -0.1) is 11.3 Å². The maximum Gasteiger partial charge on any atom is 0.270 e. The molecule has 2 aromatic heterocycles. The first-order chi connectivity index (χ1) is 11.9. The Hall–Kier alpha value is -1.84. The number of rotatable bonds is 1. The second-order valence-electron chi connectivity index (χ2n) is 6.40. The summed E-state index contributed by atoms with van der Waals surface area (Å²) in [5.74, 6) is -1.51. The van der Waals surface area contributed by atoms with Crippen molar-refractivity contribution in [2.45, 2.75) is 25.9 Å². The van der Waals surface area contributed by atoms with Crippen LogP contribution >= 0.6 is 22.9 Å². The van der Waals surface area contributed by atoms with E-state index in [4.69, 9.17) is 0 Å². The molecule has 1 aliphatic heterocycles. The smallest absolute Gasteiger partial charge is 0.270 e. The van der Waals surface area contributed by atoms with Gasteiger partial charge in [-0.1, -0.05) is 0 Å². The molecular weight excluding hydrogens is 368 g/mol. The van der Waals surface area contributed by atoms with Crippen LogP contribution in [0, 0.1) is 11.6 Å². The molecule has 4 rings (SSSR count). The Morgan fingerprint density at radius 1 is 1.20 bits per heavy atom. The third-order valence-corrected chi connectivity index (χ3v) is 6.53.